The van der Waals surface area contributed by atoms with Gasteiger partial charge in [-0.15, -0.1) is 0 Å². The van der Waals surface area contributed by atoms with Crippen molar-refractivity contribution >= 4 is 29.3 Å². The van der Waals surface area contributed by atoms with Gasteiger partial charge in [0.25, 0.3) is 5.91 Å². The van der Waals surface area contributed by atoms with E-state index in [9.17, 15) is 9.59 Å². The number of nitrogens with zero attached hydrogens (tertiary/aromatic N) is 1. The molecule has 0 saturated heterocycles. The molecule has 34 heavy (non-hydrogen) atoms. The third-order valence-electron chi connectivity index (χ3n) is 5.35. The van der Waals surface area contributed by atoms with Gasteiger partial charge in [0.15, 0.2) is 0 Å². The topological polar surface area (TPSA) is 84.7 Å². The molecule has 0 unspecified atom stereocenters. The number of benzene rings is 3. The molecule has 2 amide bonds. The predicted octanol–water partition coefficient (Wildman–Crippen LogP) is 5.72. The van der Waals surface area contributed by atoms with Crippen LogP contribution in [0.25, 0.3) is 0 Å². The number of anilines is 1. The van der Waals surface area contributed by atoms with Crippen molar-refractivity contribution in [3.8, 4) is 0 Å². The van der Waals surface area contributed by atoms with Crippen molar-refractivity contribution in [1.29, 1.82) is 0 Å². The fourth-order valence-electron chi connectivity index (χ4n) is 3.40. The van der Waals surface area contributed by atoms with E-state index in [1.165, 1.54) is 0 Å². The van der Waals surface area contributed by atoms with Crippen molar-refractivity contribution < 1.29 is 14.3 Å². The average molecular weight is 480 g/mol. The second kappa shape index (κ2) is 11.7. The van der Waals surface area contributed by atoms with Gasteiger partial charge in [-0.1, -0.05) is 74.0 Å². The van der Waals surface area contributed by atoms with Crippen molar-refractivity contribution in [2.45, 2.75) is 27.0 Å². The molecule has 0 aliphatic heterocycles. The lowest BCUT2D eigenvalue weighted by molar-refractivity contribution is 0.0673. The van der Waals surface area contributed by atoms with Crippen LogP contribution in [0.5, 0.6) is 0 Å². The number of nitrogens with two attached hydrogens (primary N) is 1. The molecule has 3 aromatic carbocycles. The maximum atomic E-state index is 13.3. The molecule has 3 rings (SSSR count). The number of hydrogen-bond donors (Lipinski definition) is 2. The summed E-state index contributed by atoms with van der Waals surface area (Å²) in [5, 5.41) is 3.23. The first-order valence-electron chi connectivity index (χ1n) is 11.1. The van der Waals surface area contributed by atoms with E-state index in [0.29, 0.717) is 34.9 Å². The summed E-state index contributed by atoms with van der Waals surface area (Å²) in [6.45, 7) is 5.34. The zero-order chi connectivity index (χ0) is 24.6. The summed E-state index contributed by atoms with van der Waals surface area (Å²) in [7, 11) is 0. The van der Waals surface area contributed by atoms with Crippen LogP contribution in [0.4, 0.5) is 10.5 Å². The van der Waals surface area contributed by atoms with Crippen molar-refractivity contribution in [2.24, 2.45) is 11.1 Å². The Labute approximate surface area is 205 Å². The summed E-state index contributed by atoms with van der Waals surface area (Å²) >= 11 is 6.47. The van der Waals surface area contributed by atoms with Crippen LogP contribution in [0, 0.1) is 5.41 Å². The van der Waals surface area contributed by atoms with Gasteiger partial charge in [0.2, 0.25) is 0 Å². The molecule has 0 saturated carbocycles. The molecule has 0 aromatic heterocycles. The molecule has 0 heterocycles. The highest BCUT2D eigenvalue weighted by atomic mass is 35.5. The van der Waals surface area contributed by atoms with E-state index < -0.39 is 6.09 Å². The lowest BCUT2D eigenvalue weighted by atomic mass is 9.92. The SMILES string of the molecule is CC(C)(CN)CN(Cc1cc(NC(=O)OCc2ccccc2)ccc1Cl)C(=O)c1ccccc1. The molecule has 6 nitrogen and oxygen atoms in total. The number of amides is 2. The quantitative estimate of drug-likeness (QED) is 0.411. The molecule has 0 atom stereocenters. The second-order valence-electron chi connectivity index (χ2n) is 8.89. The van der Waals surface area contributed by atoms with Gasteiger partial charge in [-0.3, -0.25) is 10.1 Å². The predicted molar refractivity (Wildman–Crippen MR) is 136 cm³/mol. The highest BCUT2D eigenvalue weighted by Gasteiger charge is 2.25. The van der Waals surface area contributed by atoms with E-state index >= 15 is 0 Å². The fourth-order valence-corrected chi connectivity index (χ4v) is 3.58. The van der Waals surface area contributed by atoms with Crippen LogP contribution < -0.4 is 11.1 Å². The zero-order valence-electron chi connectivity index (χ0n) is 19.5. The first-order valence-corrected chi connectivity index (χ1v) is 11.5. The van der Waals surface area contributed by atoms with E-state index in [2.05, 4.69) is 5.32 Å². The first-order chi connectivity index (χ1) is 16.3. The van der Waals surface area contributed by atoms with Crippen molar-refractivity contribution in [3.05, 3.63) is 101 Å². The minimum Gasteiger partial charge on any atom is -0.444 e. The minimum absolute atomic E-state index is 0.112. The van der Waals surface area contributed by atoms with E-state index in [-0.39, 0.29) is 24.5 Å². The molecule has 0 spiro atoms. The molecule has 0 aliphatic carbocycles. The number of hydrogen-bond acceptors (Lipinski definition) is 4. The normalized spacial score (nSPS) is 11.1. The number of rotatable bonds is 9. The highest BCUT2D eigenvalue weighted by Crippen LogP contribution is 2.25. The molecular formula is C27H30ClN3O3. The summed E-state index contributed by atoms with van der Waals surface area (Å²) in [5.41, 5.74) is 8.38. The lowest BCUT2D eigenvalue weighted by Gasteiger charge is -2.32. The molecule has 0 bridgehead atoms. The molecule has 3 aromatic rings. The van der Waals surface area contributed by atoms with Crippen LogP contribution in [0.3, 0.4) is 0 Å². The molecule has 0 aliphatic rings. The van der Waals surface area contributed by atoms with Gasteiger partial charge >= 0.3 is 6.09 Å². The van der Waals surface area contributed by atoms with Crippen LogP contribution in [-0.4, -0.2) is 30.0 Å². The van der Waals surface area contributed by atoms with Crippen LogP contribution in [0.2, 0.25) is 5.02 Å². The molecule has 3 N–H and O–H groups in total. The molecule has 178 valence electrons. The standard InChI is InChI=1S/C27H30ClN3O3/c1-27(2,18-29)19-31(25(32)21-11-7-4-8-12-21)16-22-15-23(13-14-24(22)28)30-26(33)34-17-20-9-5-3-6-10-20/h3-15H,16-19,29H2,1-2H3,(H,30,33). The van der Waals surface area contributed by atoms with Crippen molar-refractivity contribution in [1.82, 2.24) is 4.90 Å². The fraction of sp³-hybridized carbons (Fsp3) is 0.259. The highest BCUT2D eigenvalue weighted by molar-refractivity contribution is 6.31. The van der Waals surface area contributed by atoms with E-state index in [4.69, 9.17) is 22.1 Å². The molecule has 7 heteroatoms. The number of nitrogens with one attached hydrogen (secondary N) is 1. The molecular weight excluding hydrogens is 450 g/mol. The number of ether oxygens (including phenoxy) is 1. The maximum absolute atomic E-state index is 13.3. The van der Waals surface area contributed by atoms with Gasteiger partial charge in [0.1, 0.15) is 6.61 Å². The Morgan fingerprint density at radius 1 is 1.00 bits per heavy atom. The molecule has 0 radical (unpaired) electrons. The van der Waals surface area contributed by atoms with Crippen LogP contribution >= 0.6 is 11.6 Å². The third kappa shape index (κ3) is 7.33. The third-order valence-corrected chi connectivity index (χ3v) is 5.71. The van der Waals surface area contributed by atoms with Crippen LogP contribution in [0.15, 0.2) is 78.9 Å². The lowest BCUT2D eigenvalue weighted by Crippen LogP contribution is -2.41. The van der Waals surface area contributed by atoms with Crippen LogP contribution in [-0.2, 0) is 17.9 Å². The number of carbonyl (C=O) groups excluding carboxylic acids is 2. The number of carbonyl (C=O) groups is 2. The van der Waals surface area contributed by atoms with E-state index in [0.717, 1.165) is 5.56 Å². The van der Waals surface area contributed by atoms with Gasteiger partial charge in [-0.05, 0) is 53.4 Å². The Kier molecular flexibility index (Phi) is 8.68. The average Bonchev–Trinajstić information content (AvgIpc) is 2.85. The summed E-state index contributed by atoms with van der Waals surface area (Å²) in [6, 6.07) is 23.7. The Morgan fingerprint density at radius 2 is 1.65 bits per heavy atom. The van der Waals surface area contributed by atoms with Gasteiger partial charge in [0.05, 0.1) is 0 Å². The van der Waals surface area contributed by atoms with E-state index in [1.54, 1.807) is 35.2 Å². The van der Waals surface area contributed by atoms with E-state index in [1.807, 2.05) is 62.4 Å². The summed E-state index contributed by atoms with van der Waals surface area (Å²) in [6.07, 6.45) is -0.571. The maximum Gasteiger partial charge on any atom is 0.411 e. The Morgan fingerprint density at radius 3 is 2.29 bits per heavy atom. The van der Waals surface area contributed by atoms with Gasteiger partial charge < -0.3 is 15.4 Å². The first kappa shape index (κ1) is 25.3. The summed E-state index contributed by atoms with van der Waals surface area (Å²) in [5.74, 6) is -0.112. The van der Waals surface area contributed by atoms with Gasteiger partial charge in [-0.2, -0.15) is 0 Å². The summed E-state index contributed by atoms with van der Waals surface area (Å²) < 4.78 is 5.30. The van der Waals surface area contributed by atoms with Crippen molar-refractivity contribution in [3.63, 3.8) is 0 Å². The monoisotopic (exact) mass is 479 g/mol. The number of halogens is 1. The Balaban J connectivity index is 1.74. The zero-order valence-corrected chi connectivity index (χ0v) is 20.2. The Hall–Kier alpha value is -3.35. The Bertz CT molecular complexity index is 1100. The largest absolute Gasteiger partial charge is 0.444 e. The van der Waals surface area contributed by atoms with Crippen molar-refractivity contribution in [2.75, 3.05) is 18.4 Å². The van der Waals surface area contributed by atoms with Gasteiger partial charge in [0, 0.05) is 29.4 Å². The smallest absolute Gasteiger partial charge is 0.411 e. The van der Waals surface area contributed by atoms with Crippen LogP contribution in [0.1, 0.15) is 35.3 Å². The second-order valence-corrected chi connectivity index (χ2v) is 9.30. The summed E-state index contributed by atoms with van der Waals surface area (Å²) in [4.78, 5) is 27.3. The van der Waals surface area contributed by atoms with Gasteiger partial charge in [-0.25, -0.2) is 4.79 Å². The molecule has 0 fully saturated rings. The minimum atomic E-state index is -0.571.